The van der Waals surface area contributed by atoms with Crippen LogP contribution in [0.3, 0.4) is 0 Å². The molecule has 0 amide bonds. The molecule has 176 valence electrons. The van der Waals surface area contributed by atoms with E-state index in [1.54, 1.807) is 11.1 Å². The summed E-state index contributed by atoms with van der Waals surface area (Å²) in [5, 5.41) is 0. The Kier molecular flexibility index (Phi) is 6.38. The first-order chi connectivity index (χ1) is 15.1. The fraction of sp³-hybridized carbons (Fsp3) is 0.700. The lowest BCUT2D eigenvalue weighted by Gasteiger charge is -2.50. The Hall–Kier alpha value is -1.57. The fourth-order valence-corrected chi connectivity index (χ4v) is 7.28. The van der Waals surface area contributed by atoms with Crippen molar-refractivity contribution in [1.82, 2.24) is 0 Å². The number of carbonyl (C=O) groups is 1. The van der Waals surface area contributed by atoms with Crippen LogP contribution in [0.25, 0.3) is 0 Å². The Labute approximate surface area is 196 Å². The molecule has 0 bridgehead atoms. The van der Waals surface area contributed by atoms with Gasteiger partial charge >= 0.3 is 5.97 Å². The van der Waals surface area contributed by atoms with Crippen LogP contribution >= 0.6 is 0 Å². The zero-order valence-corrected chi connectivity index (χ0v) is 21.4. The summed E-state index contributed by atoms with van der Waals surface area (Å²) < 4.78 is 5.58. The second kappa shape index (κ2) is 8.65. The molecule has 0 aromatic heterocycles. The van der Waals surface area contributed by atoms with E-state index in [1.807, 2.05) is 0 Å². The highest BCUT2D eigenvalue weighted by molar-refractivity contribution is 5.66. The van der Waals surface area contributed by atoms with Gasteiger partial charge in [0.25, 0.3) is 0 Å². The Morgan fingerprint density at radius 1 is 1.09 bits per heavy atom. The fourth-order valence-electron chi connectivity index (χ4n) is 7.28. The van der Waals surface area contributed by atoms with Crippen LogP contribution in [0.4, 0.5) is 0 Å². The number of fused-ring (bicyclic) bond motifs is 5. The van der Waals surface area contributed by atoms with Gasteiger partial charge in [0, 0.05) is 18.8 Å². The van der Waals surface area contributed by atoms with Crippen LogP contribution < -0.4 is 0 Å². The molecule has 2 fully saturated rings. The average molecular weight is 437 g/mol. The normalized spacial score (nSPS) is 38.2. The molecule has 4 aliphatic rings. The third kappa shape index (κ3) is 3.97. The Morgan fingerprint density at radius 2 is 1.84 bits per heavy atom. The van der Waals surface area contributed by atoms with Crippen molar-refractivity contribution in [1.29, 1.82) is 0 Å². The minimum Gasteiger partial charge on any atom is -0.462 e. The van der Waals surface area contributed by atoms with Crippen molar-refractivity contribution in [2.45, 2.75) is 93.1 Å². The number of allylic oxidation sites excluding steroid dienone is 7. The van der Waals surface area contributed by atoms with E-state index in [1.165, 1.54) is 31.8 Å². The third-order valence-electron chi connectivity index (χ3n) is 9.76. The largest absolute Gasteiger partial charge is 0.462 e. The monoisotopic (exact) mass is 436 g/mol. The molecule has 0 N–H and O–H groups in total. The number of hydrogen-bond acceptors (Lipinski definition) is 2. The van der Waals surface area contributed by atoms with Crippen LogP contribution in [0.5, 0.6) is 0 Å². The van der Waals surface area contributed by atoms with Gasteiger partial charge in [-0.1, -0.05) is 77.5 Å². The molecular weight excluding hydrogens is 392 g/mol. The summed E-state index contributed by atoms with van der Waals surface area (Å²) in [5.41, 5.74) is 5.15. The quantitative estimate of drug-likeness (QED) is 0.324. The second-order valence-corrected chi connectivity index (χ2v) is 12.0. The molecule has 0 spiro atoms. The first-order valence-electron chi connectivity index (χ1n) is 13.0. The van der Waals surface area contributed by atoms with Crippen LogP contribution in [0.2, 0.25) is 0 Å². The van der Waals surface area contributed by atoms with Crippen LogP contribution in [0.1, 0.15) is 87.0 Å². The maximum atomic E-state index is 11.5. The maximum absolute atomic E-state index is 11.5. The number of carbonyl (C=O) groups excluding carboxylic acids is 1. The highest BCUT2D eigenvalue weighted by Gasteiger charge is 2.54. The van der Waals surface area contributed by atoms with Crippen LogP contribution in [0, 0.1) is 40.4 Å². The smallest absolute Gasteiger partial charge is 0.302 e. The zero-order chi connectivity index (χ0) is 23.3. The van der Waals surface area contributed by atoms with E-state index >= 15 is 0 Å². The van der Waals surface area contributed by atoms with Gasteiger partial charge < -0.3 is 4.74 Å². The van der Waals surface area contributed by atoms with Crippen molar-refractivity contribution in [2.24, 2.45) is 40.4 Å². The summed E-state index contributed by atoms with van der Waals surface area (Å²) in [6.07, 6.45) is 19.2. The van der Waals surface area contributed by atoms with Gasteiger partial charge in [-0.05, 0) is 78.3 Å². The van der Waals surface area contributed by atoms with Gasteiger partial charge in [-0.3, -0.25) is 4.79 Å². The molecule has 0 aliphatic heterocycles. The maximum Gasteiger partial charge on any atom is 0.302 e. The Morgan fingerprint density at radius 3 is 2.53 bits per heavy atom. The third-order valence-corrected chi connectivity index (χ3v) is 9.76. The van der Waals surface area contributed by atoms with Gasteiger partial charge in [-0.25, -0.2) is 0 Å². The van der Waals surface area contributed by atoms with Gasteiger partial charge in [-0.15, -0.1) is 0 Å². The summed E-state index contributed by atoms with van der Waals surface area (Å²) in [7, 11) is 0. The van der Waals surface area contributed by atoms with E-state index in [0.717, 1.165) is 25.2 Å². The lowest BCUT2D eigenvalue weighted by molar-refractivity contribution is -0.147. The molecule has 0 unspecified atom stereocenters. The molecule has 7 atom stereocenters. The lowest BCUT2D eigenvalue weighted by Crippen LogP contribution is -2.41. The minimum absolute atomic E-state index is 0.0490. The van der Waals surface area contributed by atoms with Crippen molar-refractivity contribution in [2.75, 3.05) is 0 Å². The number of ether oxygens (including phenoxy) is 1. The van der Waals surface area contributed by atoms with E-state index in [-0.39, 0.29) is 17.5 Å². The summed E-state index contributed by atoms with van der Waals surface area (Å²) in [4.78, 5) is 11.5. The predicted molar refractivity (Wildman–Crippen MR) is 133 cm³/mol. The van der Waals surface area contributed by atoms with E-state index in [9.17, 15) is 4.79 Å². The molecule has 4 aliphatic carbocycles. The molecule has 2 saturated carbocycles. The zero-order valence-electron chi connectivity index (χ0n) is 21.4. The summed E-state index contributed by atoms with van der Waals surface area (Å²) in [5.74, 6) is 3.25. The predicted octanol–water partition coefficient (Wildman–Crippen LogP) is 7.82. The molecule has 0 aromatic carbocycles. The van der Waals surface area contributed by atoms with Gasteiger partial charge in [0.2, 0.25) is 0 Å². The number of esters is 1. The van der Waals surface area contributed by atoms with Gasteiger partial charge in [-0.2, -0.15) is 0 Å². The standard InChI is InChI=1S/C30H44O2/c1-19(2)20(3)8-9-21(4)26-12-13-27-25-11-10-23-18-24(32-22(5)31)14-16-29(23,6)28(25)15-17-30(26,27)7/h8-11,15,19-21,24,26-27H,12-14,16-18H2,1-7H3/b9-8+/t20-,21-,24-,26-,27-,29-,30+/m1/s1. The van der Waals surface area contributed by atoms with E-state index in [2.05, 4.69) is 71.9 Å². The summed E-state index contributed by atoms with van der Waals surface area (Å²) >= 11 is 0. The number of rotatable bonds is 5. The van der Waals surface area contributed by atoms with Gasteiger partial charge in [0.15, 0.2) is 0 Å². The highest BCUT2D eigenvalue weighted by atomic mass is 16.5. The Balaban J connectivity index is 1.57. The molecule has 4 rings (SSSR count). The van der Waals surface area contributed by atoms with Crippen molar-refractivity contribution >= 4 is 5.97 Å². The molecule has 2 heteroatoms. The number of hydrogen-bond donors (Lipinski definition) is 0. The van der Waals surface area contributed by atoms with Crippen LogP contribution in [-0.2, 0) is 9.53 Å². The topological polar surface area (TPSA) is 26.3 Å². The first kappa shape index (κ1) is 23.6. The highest BCUT2D eigenvalue weighted by Crippen LogP contribution is 2.64. The molecule has 32 heavy (non-hydrogen) atoms. The van der Waals surface area contributed by atoms with Crippen LogP contribution in [0.15, 0.2) is 47.1 Å². The molecule has 2 nitrogen and oxygen atoms in total. The minimum atomic E-state index is -0.151. The molecule has 0 heterocycles. The van der Waals surface area contributed by atoms with Crippen LogP contribution in [-0.4, -0.2) is 12.1 Å². The average Bonchev–Trinajstić information content (AvgIpc) is 3.08. The molecular formula is C30H44O2. The van der Waals surface area contributed by atoms with Crippen molar-refractivity contribution in [3.63, 3.8) is 0 Å². The van der Waals surface area contributed by atoms with Crippen molar-refractivity contribution < 1.29 is 9.53 Å². The molecule has 0 saturated heterocycles. The second-order valence-electron chi connectivity index (χ2n) is 12.0. The van der Waals surface area contributed by atoms with Crippen molar-refractivity contribution in [3.05, 3.63) is 47.1 Å². The first-order valence-corrected chi connectivity index (χ1v) is 13.0. The van der Waals surface area contributed by atoms with Crippen molar-refractivity contribution in [3.8, 4) is 0 Å². The summed E-state index contributed by atoms with van der Waals surface area (Å²) in [6, 6.07) is 0. The lowest BCUT2D eigenvalue weighted by atomic mass is 9.54. The van der Waals surface area contributed by atoms with Gasteiger partial charge in [0.05, 0.1) is 0 Å². The van der Waals surface area contributed by atoms with Gasteiger partial charge in [0.1, 0.15) is 6.10 Å². The molecule has 0 aromatic rings. The Bertz CT molecular complexity index is 871. The van der Waals surface area contributed by atoms with E-state index in [0.29, 0.717) is 29.1 Å². The SMILES string of the molecule is CC(=O)O[C@@H]1CC[C@]2(C)C(=CC=C3C2=CC[C@]2(C)[C@@H]3CC[C@@H]2[C@H](C)/C=C/[C@@H](C)C(C)C)C1. The molecule has 0 radical (unpaired) electrons. The van der Waals surface area contributed by atoms with E-state index in [4.69, 9.17) is 4.74 Å². The summed E-state index contributed by atoms with van der Waals surface area (Å²) in [6.45, 7) is 16.0. The van der Waals surface area contributed by atoms with E-state index < -0.39 is 0 Å².